The first-order chi connectivity index (χ1) is 9.91. The number of aromatic amines is 1. The molecule has 2 heterocycles. The van der Waals surface area contributed by atoms with Crippen molar-refractivity contribution in [2.45, 2.75) is 18.2 Å². The van der Waals surface area contributed by atoms with Gasteiger partial charge in [-0.25, -0.2) is 13.2 Å². The summed E-state index contributed by atoms with van der Waals surface area (Å²) in [5.74, 6) is -1.19. The Labute approximate surface area is 122 Å². The van der Waals surface area contributed by atoms with Gasteiger partial charge in [-0.05, 0) is 36.6 Å². The van der Waals surface area contributed by atoms with Gasteiger partial charge in [-0.1, -0.05) is 12.1 Å². The standard InChI is InChI=1S/C14H14N2O4S/c1-9-3-2-4-13-11(9)5-6-16(13)21(19,20)10-7-12(14(17)18)15-8-10/h2-4,7-8,15H,5-6H2,1H3,(H,17,18). The van der Waals surface area contributed by atoms with Crippen LogP contribution in [0.4, 0.5) is 5.69 Å². The van der Waals surface area contributed by atoms with E-state index in [0.29, 0.717) is 18.7 Å². The molecule has 0 aliphatic carbocycles. The predicted octanol–water partition coefficient (Wildman–Crippen LogP) is 1.77. The quantitative estimate of drug-likeness (QED) is 0.904. The minimum atomic E-state index is -3.74. The van der Waals surface area contributed by atoms with Gasteiger partial charge in [0.15, 0.2) is 0 Å². The summed E-state index contributed by atoms with van der Waals surface area (Å²) in [4.78, 5) is 13.3. The summed E-state index contributed by atoms with van der Waals surface area (Å²) in [6.07, 6.45) is 1.88. The number of aryl methyl sites for hydroxylation is 1. The van der Waals surface area contributed by atoms with Crippen molar-refractivity contribution >= 4 is 21.7 Å². The van der Waals surface area contributed by atoms with E-state index >= 15 is 0 Å². The number of sulfonamides is 1. The molecule has 1 aromatic heterocycles. The molecule has 0 radical (unpaired) electrons. The number of carbonyl (C=O) groups is 1. The van der Waals surface area contributed by atoms with Crippen LogP contribution in [0.25, 0.3) is 0 Å². The van der Waals surface area contributed by atoms with Crippen LogP contribution >= 0.6 is 0 Å². The van der Waals surface area contributed by atoms with Gasteiger partial charge >= 0.3 is 5.97 Å². The van der Waals surface area contributed by atoms with Crippen LogP contribution < -0.4 is 4.31 Å². The zero-order valence-electron chi connectivity index (χ0n) is 11.3. The van der Waals surface area contributed by atoms with Crippen molar-refractivity contribution in [1.82, 2.24) is 4.98 Å². The van der Waals surface area contributed by atoms with Gasteiger partial charge in [0.25, 0.3) is 10.0 Å². The second-order valence-electron chi connectivity index (χ2n) is 4.95. The van der Waals surface area contributed by atoms with Crippen molar-refractivity contribution in [2.75, 3.05) is 10.8 Å². The van der Waals surface area contributed by atoms with E-state index in [4.69, 9.17) is 5.11 Å². The number of hydrogen-bond donors (Lipinski definition) is 2. The van der Waals surface area contributed by atoms with Crippen molar-refractivity contribution in [2.24, 2.45) is 0 Å². The van der Waals surface area contributed by atoms with Gasteiger partial charge in [0.1, 0.15) is 10.6 Å². The molecule has 0 saturated carbocycles. The summed E-state index contributed by atoms with van der Waals surface area (Å²) in [6.45, 7) is 2.32. The summed E-state index contributed by atoms with van der Waals surface area (Å²) in [5.41, 5.74) is 2.62. The Morgan fingerprint density at radius 1 is 1.38 bits per heavy atom. The second-order valence-corrected chi connectivity index (χ2v) is 6.82. The van der Waals surface area contributed by atoms with Gasteiger partial charge in [-0.3, -0.25) is 4.31 Å². The number of aromatic carboxylic acids is 1. The molecular formula is C14H14N2O4S. The third-order valence-electron chi connectivity index (χ3n) is 3.69. The topological polar surface area (TPSA) is 90.5 Å². The monoisotopic (exact) mass is 306 g/mol. The average molecular weight is 306 g/mol. The molecule has 0 saturated heterocycles. The molecule has 0 fully saturated rings. The number of benzene rings is 1. The van der Waals surface area contributed by atoms with Gasteiger partial charge < -0.3 is 10.1 Å². The van der Waals surface area contributed by atoms with E-state index in [2.05, 4.69) is 4.98 Å². The zero-order valence-corrected chi connectivity index (χ0v) is 12.1. The van der Waals surface area contributed by atoms with E-state index in [0.717, 1.165) is 17.2 Å². The third kappa shape index (κ3) is 2.09. The largest absolute Gasteiger partial charge is 0.477 e. The van der Waals surface area contributed by atoms with Gasteiger partial charge in [0.2, 0.25) is 0 Å². The van der Waals surface area contributed by atoms with Crippen molar-refractivity contribution in [3.05, 3.63) is 47.3 Å². The van der Waals surface area contributed by atoms with Crippen LogP contribution in [0.15, 0.2) is 35.4 Å². The lowest BCUT2D eigenvalue weighted by Gasteiger charge is -2.18. The molecule has 6 nitrogen and oxygen atoms in total. The number of anilines is 1. The Morgan fingerprint density at radius 3 is 2.81 bits per heavy atom. The Hall–Kier alpha value is -2.28. The molecule has 1 aliphatic heterocycles. The van der Waals surface area contributed by atoms with Gasteiger partial charge in [0, 0.05) is 12.7 Å². The summed E-state index contributed by atoms with van der Waals surface area (Å²) in [6, 6.07) is 6.69. The molecule has 21 heavy (non-hydrogen) atoms. The van der Waals surface area contributed by atoms with Crippen LogP contribution in [0.2, 0.25) is 0 Å². The van der Waals surface area contributed by atoms with Gasteiger partial charge in [-0.2, -0.15) is 0 Å². The van der Waals surface area contributed by atoms with Crippen LogP contribution in [0, 0.1) is 6.92 Å². The normalized spacial score (nSPS) is 14.2. The van der Waals surface area contributed by atoms with E-state index in [1.54, 1.807) is 6.07 Å². The smallest absolute Gasteiger partial charge is 0.352 e. The Bertz CT molecular complexity index is 823. The molecule has 1 aliphatic rings. The Kier molecular flexibility index (Phi) is 3.02. The van der Waals surface area contributed by atoms with Gasteiger partial charge in [0.05, 0.1) is 5.69 Å². The first-order valence-corrected chi connectivity index (χ1v) is 7.88. The second kappa shape index (κ2) is 4.63. The summed E-state index contributed by atoms with van der Waals surface area (Å²) in [5, 5.41) is 8.88. The number of carboxylic acid groups (broad SMARTS) is 1. The van der Waals surface area contributed by atoms with E-state index in [-0.39, 0.29) is 10.6 Å². The van der Waals surface area contributed by atoms with E-state index in [1.165, 1.54) is 10.5 Å². The van der Waals surface area contributed by atoms with Crippen LogP contribution in [0.3, 0.4) is 0 Å². The third-order valence-corrected chi connectivity index (χ3v) is 5.49. The molecule has 7 heteroatoms. The fraction of sp³-hybridized carbons (Fsp3) is 0.214. The maximum Gasteiger partial charge on any atom is 0.352 e. The highest BCUT2D eigenvalue weighted by atomic mass is 32.2. The lowest BCUT2D eigenvalue weighted by molar-refractivity contribution is 0.0691. The maximum atomic E-state index is 12.7. The van der Waals surface area contributed by atoms with Crippen LogP contribution in [-0.2, 0) is 16.4 Å². The first kappa shape index (κ1) is 13.7. The number of nitrogens with one attached hydrogen (secondary N) is 1. The first-order valence-electron chi connectivity index (χ1n) is 6.44. The predicted molar refractivity (Wildman–Crippen MR) is 77.2 cm³/mol. The molecule has 0 atom stereocenters. The Morgan fingerprint density at radius 2 is 2.14 bits per heavy atom. The number of aromatic nitrogens is 1. The number of H-pyrrole nitrogens is 1. The lowest BCUT2D eigenvalue weighted by Crippen LogP contribution is -2.28. The lowest BCUT2D eigenvalue weighted by atomic mass is 10.1. The van der Waals surface area contributed by atoms with Crippen LogP contribution in [0.5, 0.6) is 0 Å². The van der Waals surface area contributed by atoms with Crippen molar-refractivity contribution in [3.63, 3.8) is 0 Å². The van der Waals surface area contributed by atoms with E-state index < -0.39 is 16.0 Å². The summed E-state index contributed by atoms with van der Waals surface area (Å²) in [7, 11) is -3.74. The molecule has 2 aromatic rings. The minimum Gasteiger partial charge on any atom is -0.477 e. The summed E-state index contributed by atoms with van der Waals surface area (Å²) < 4.78 is 26.7. The number of rotatable bonds is 3. The van der Waals surface area contributed by atoms with E-state index in [9.17, 15) is 13.2 Å². The SMILES string of the molecule is Cc1cccc2c1CCN2S(=O)(=O)c1c[nH]c(C(=O)O)c1. The maximum absolute atomic E-state index is 12.7. The number of nitrogens with zero attached hydrogens (tertiary/aromatic N) is 1. The fourth-order valence-corrected chi connectivity index (χ4v) is 4.09. The summed E-state index contributed by atoms with van der Waals surface area (Å²) >= 11 is 0. The molecule has 3 rings (SSSR count). The van der Waals surface area contributed by atoms with Crippen LogP contribution in [-0.4, -0.2) is 31.0 Å². The molecule has 110 valence electrons. The molecule has 1 aromatic carbocycles. The molecule has 0 unspecified atom stereocenters. The fourth-order valence-electron chi connectivity index (χ4n) is 2.60. The Balaban J connectivity index is 2.05. The number of carboxylic acids is 1. The zero-order chi connectivity index (χ0) is 15.2. The average Bonchev–Trinajstić information content (AvgIpc) is 3.07. The van der Waals surface area contributed by atoms with Crippen molar-refractivity contribution < 1.29 is 18.3 Å². The number of hydrogen-bond acceptors (Lipinski definition) is 3. The molecule has 0 spiro atoms. The van der Waals surface area contributed by atoms with Crippen LogP contribution in [0.1, 0.15) is 21.6 Å². The number of fused-ring (bicyclic) bond motifs is 1. The van der Waals surface area contributed by atoms with Gasteiger partial charge in [-0.15, -0.1) is 0 Å². The highest BCUT2D eigenvalue weighted by Crippen LogP contribution is 2.34. The molecule has 0 bridgehead atoms. The highest BCUT2D eigenvalue weighted by Gasteiger charge is 2.32. The molecular weight excluding hydrogens is 292 g/mol. The highest BCUT2D eigenvalue weighted by molar-refractivity contribution is 7.92. The van der Waals surface area contributed by atoms with E-state index in [1.807, 2.05) is 19.1 Å². The van der Waals surface area contributed by atoms with Crippen molar-refractivity contribution in [3.8, 4) is 0 Å². The molecule has 2 N–H and O–H groups in total. The van der Waals surface area contributed by atoms with Crippen molar-refractivity contribution in [1.29, 1.82) is 0 Å². The molecule has 0 amide bonds. The minimum absolute atomic E-state index is 0.0331.